The van der Waals surface area contributed by atoms with Gasteiger partial charge in [-0.1, -0.05) is 34.8 Å². The van der Waals surface area contributed by atoms with Crippen LogP contribution in [0.1, 0.15) is 63.1 Å². The number of nitrogens with zero attached hydrogens (tertiary/aromatic N) is 4. The van der Waals surface area contributed by atoms with Crippen molar-refractivity contribution in [1.82, 2.24) is 14.9 Å². The van der Waals surface area contributed by atoms with Gasteiger partial charge in [0, 0.05) is 23.0 Å². The number of carbonyl (C=O) groups excluding carboxylic acids is 1. The number of anilines is 2. The number of nitrogens with two attached hydrogens (primary N) is 1. The van der Waals surface area contributed by atoms with E-state index in [1.165, 1.54) is 0 Å². The highest BCUT2D eigenvalue weighted by atomic mass is 35.5. The predicted molar refractivity (Wildman–Crippen MR) is 150 cm³/mol. The number of nitrogens with one attached hydrogen (secondary N) is 2. The number of guanidine groups is 1. The lowest BCUT2D eigenvalue weighted by molar-refractivity contribution is -0.122. The van der Waals surface area contributed by atoms with Crippen molar-refractivity contribution >= 4 is 70.8 Å². The number of aliphatic hydroxyl groups is 1. The van der Waals surface area contributed by atoms with E-state index in [1.807, 2.05) is 11.5 Å². The van der Waals surface area contributed by atoms with Gasteiger partial charge in [-0.15, -0.1) is 0 Å². The number of hydrogen-bond acceptors (Lipinski definition) is 5. The maximum Gasteiger partial charge on any atom is 0.224 e. The number of benzene rings is 1. The van der Waals surface area contributed by atoms with Gasteiger partial charge in [-0.2, -0.15) is 4.99 Å². The smallest absolute Gasteiger partial charge is 0.224 e. The number of carbonyl (C=O) groups is 1. The second kappa shape index (κ2) is 12.0. The molecular weight excluding hydrogens is 537 g/mol. The Kier molecular flexibility index (Phi) is 9.00. The number of rotatable bonds is 6. The van der Waals surface area contributed by atoms with E-state index in [9.17, 15) is 9.90 Å². The summed E-state index contributed by atoms with van der Waals surface area (Å²) in [6, 6.07) is 3.28. The maximum absolute atomic E-state index is 11.8. The molecule has 2 atom stereocenters. The van der Waals surface area contributed by atoms with E-state index in [2.05, 4.69) is 22.3 Å². The van der Waals surface area contributed by atoms with Crippen LogP contribution < -0.4 is 16.4 Å². The third-order valence-electron chi connectivity index (χ3n) is 7.10. The minimum Gasteiger partial charge on any atom is -0.393 e. The highest BCUT2D eigenvalue weighted by Gasteiger charge is 2.30. The lowest BCUT2D eigenvalue weighted by Crippen LogP contribution is -2.39. The second-order valence-corrected chi connectivity index (χ2v) is 11.0. The molecule has 2 saturated carbocycles. The van der Waals surface area contributed by atoms with Gasteiger partial charge in [0.15, 0.2) is 5.82 Å². The molecule has 2 aromatic rings. The number of amides is 1. The first-order valence-electron chi connectivity index (χ1n) is 12.5. The molecule has 0 unspecified atom stereocenters. The predicted octanol–water partition coefficient (Wildman–Crippen LogP) is 5.69. The van der Waals surface area contributed by atoms with Gasteiger partial charge >= 0.3 is 0 Å². The van der Waals surface area contributed by atoms with E-state index in [0.29, 0.717) is 63.4 Å². The van der Waals surface area contributed by atoms with Crippen LogP contribution >= 0.6 is 34.8 Å². The number of halogens is 3. The van der Waals surface area contributed by atoms with Crippen LogP contribution in [0.5, 0.6) is 0 Å². The Morgan fingerprint density at radius 3 is 2.43 bits per heavy atom. The summed E-state index contributed by atoms with van der Waals surface area (Å²) in [4.78, 5) is 25.5. The number of aliphatic imine (C=N–C) groups is 2. The molecule has 0 bridgehead atoms. The van der Waals surface area contributed by atoms with E-state index in [4.69, 9.17) is 50.5 Å². The molecule has 12 heteroatoms. The van der Waals surface area contributed by atoms with Gasteiger partial charge in [-0.05, 0) is 77.1 Å². The maximum atomic E-state index is 11.8. The summed E-state index contributed by atoms with van der Waals surface area (Å²) in [6.07, 6.45) is 5.74. The molecule has 1 heterocycles. The molecule has 4 rings (SSSR count). The van der Waals surface area contributed by atoms with Crippen molar-refractivity contribution < 1.29 is 9.90 Å². The SMILES string of the molecule is C=N/C(=N\c1c(C)nc(Nc2c(Cl)cc(Cl)cc2Cl)n1[C@H]1CC[C@@H](C(N)=O)CC1)N[C@H]1CCC[C@@H](O)C1. The molecule has 9 nitrogen and oxygen atoms in total. The number of primary amides is 1. The normalized spacial score (nSPS) is 24.5. The van der Waals surface area contributed by atoms with E-state index >= 15 is 0 Å². The largest absolute Gasteiger partial charge is 0.393 e. The Morgan fingerprint density at radius 1 is 1.16 bits per heavy atom. The number of hydrogen-bond donors (Lipinski definition) is 4. The first kappa shape index (κ1) is 27.7. The van der Waals surface area contributed by atoms with Crippen LogP contribution in [0.2, 0.25) is 15.1 Å². The standard InChI is InChI=1S/C25H32Cl3N7O2/c1-13-23(34-24(30-2)32-16-4-3-5-18(36)12-16)35(17-8-6-14(7-9-17)22(29)37)25(31-13)33-21-19(27)10-15(26)11-20(21)28/h10-11,14,16-18,36H,2-9,12H2,1H3,(H2,29,37)(H,31,33)(H,32,34)/t14-,16-,17+,18+/m0/s1. The van der Waals surface area contributed by atoms with Crippen LogP contribution in [0, 0.1) is 12.8 Å². The summed E-state index contributed by atoms with van der Waals surface area (Å²) in [5, 5.41) is 17.8. The van der Waals surface area contributed by atoms with E-state index in [-0.39, 0.29) is 30.0 Å². The van der Waals surface area contributed by atoms with Crippen molar-refractivity contribution in [2.75, 3.05) is 5.32 Å². The van der Waals surface area contributed by atoms with Gasteiger partial charge in [-0.25, -0.2) is 9.98 Å². The third-order valence-corrected chi connectivity index (χ3v) is 7.92. The summed E-state index contributed by atoms with van der Waals surface area (Å²) in [5.41, 5.74) is 6.72. The quantitative estimate of drug-likeness (QED) is 0.263. The molecule has 2 aliphatic rings. The summed E-state index contributed by atoms with van der Waals surface area (Å²) >= 11 is 19.0. The third kappa shape index (κ3) is 6.57. The zero-order chi connectivity index (χ0) is 26.7. The van der Waals surface area contributed by atoms with Crippen LogP contribution in [0.15, 0.2) is 22.1 Å². The van der Waals surface area contributed by atoms with E-state index in [0.717, 1.165) is 32.1 Å². The van der Waals surface area contributed by atoms with Crippen molar-refractivity contribution in [2.24, 2.45) is 21.6 Å². The fourth-order valence-electron chi connectivity index (χ4n) is 5.19. The fraction of sp³-hybridized carbons (Fsp3) is 0.520. The van der Waals surface area contributed by atoms with Gasteiger partial charge in [-0.3, -0.25) is 9.36 Å². The summed E-state index contributed by atoms with van der Waals surface area (Å²) in [6.45, 7) is 5.57. The van der Waals surface area contributed by atoms with Gasteiger partial charge in [0.25, 0.3) is 0 Å². The number of aliphatic hydroxyl groups excluding tert-OH is 1. The molecule has 0 spiro atoms. The van der Waals surface area contributed by atoms with Gasteiger partial charge < -0.3 is 21.5 Å². The zero-order valence-electron chi connectivity index (χ0n) is 20.7. The van der Waals surface area contributed by atoms with Crippen molar-refractivity contribution in [3.05, 3.63) is 32.9 Å². The van der Waals surface area contributed by atoms with Crippen molar-refractivity contribution in [2.45, 2.75) is 76.5 Å². The van der Waals surface area contributed by atoms with Crippen LogP contribution in [-0.2, 0) is 4.79 Å². The van der Waals surface area contributed by atoms with Crippen LogP contribution in [0.3, 0.4) is 0 Å². The average Bonchev–Trinajstić information content (AvgIpc) is 3.15. The van der Waals surface area contributed by atoms with E-state index in [1.54, 1.807) is 12.1 Å². The summed E-state index contributed by atoms with van der Waals surface area (Å²) < 4.78 is 2.01. The van der Waals surface area contributed by atoms with Crippen molar-refractivity contribution in [3.8, 4) is 0 Å². The Morgan fingerprint density at radius 2 is 1.84 bits per heavy atom. The summed E-state index contributed by atoms with van der Waals surface area (Å²) in [5.74, 6) is 1.07. The molecular formula is C25H32Cl3N7O2. The number of aryl methyl sites for hydroxylation is 1. The molecule has 200 valence electrons. The zero-order valence-corrected chi connectivity index (χ0v) is 23.0. The lowest BCUT2D eigenvalue weighted by Gasteiger charge is -2.30. The highest BCUT2D eigenvalue weighted by Crippen LogP contribution is 2.41. The molecule has 1 aromatic heterocycles. The number of aromatic nitrogens is 2. The van der Waals surface area contributed by atoms with E-state index < -0.39 is 0 Å². The Balaban J connectivity index is 1.71. The monoisotopic (exact) mass is 567 g/mol. The first-order chi connectivity index (χ1) is 17.7. The van der Waals surface area contributed by atoms with Gasteiger partial charge in [0.1, 0.15) is 0 Å². The molecule has 5 N–H and O–H groups in total. The first-order valence-corrected chi connectivity index (χ1v) is 13.6. The Hall–Kier alpha value is -2.33. The fourth-order valence-corrected chi connectivity index (χ4v) is 6.10. The Bertz CT molecular complexity index is 1170. The molecule has 2 fully saturated rings. The molecule has 1 amide bonds. The molecule has 2 aliphatic carbocycles. The molecule has 0 aliphatic heterocycles. The van der Waals surface area contributed by atoms with Crippen LogP contribution in [0.25, 0.3) is 0 Å². The lowest BCUT2D eigenvalue weighted by atomic mass is 9.85. The van der Waals surface area contributed by atoms with Crippen LogP contribution in [-0.4, -0.2) is 45.4 Å². The topological polar surface area (TPSA) is 130 Å². The Labute approximate surface area is 231 Å². The van der Waals surface area contributed by atoms with Crippen molar-refractivity contribution in [3.63, 3.8) is 0 Å². The summed E-state index contributed by atoms with van der Waals surface area (Å²) in [7, 11) is 0. The number of imidazole rings is 1. The molecule has 0 radical (unpaired) electrons. The molecule has 1 aromatic carbocycles. The molecule has 37 heavy (non-hydrogen) atoms. The van der Waals surface area contributed by atoms with Crippen LogP contribution in [0.4, 0.5) is 17.5 Å². The second-order valence-electron chi connectivity index (χ2n) is 9.75. The van der Waals surface area contributed by atoms with Gasteiger partial charge in [0.2, 0.25) is 17.8 Å². The minimum atomic E-state index is -0.338. The van der Waals surface area contributed by atoms with Crippen molar-refractivity contribution in [1.29, 1.82) is 0 Å². The minimum absolute atomic E-state index is 0.00506. The van der Waals surface area contributed by atoms with Gasteiger partial charge in [0.05, 0.1) is 27.5 Å². The highest BCUT2D eigenvalue weighted by molar-refractivity contribution is 6.41. The average molecular weight is 569 g/mol. The molecule has 0 saturated heterocycles.